The van der Waals surface area contributed by atoms with Crippen molar-refractivity contribution in [1.82, 2.24) is 25.1 Å². The number of aromatic amines is 1. The number of nitrogens with zero attached hydrogens (tertiary/aromatic N) is 4. The molecule has 1 fully saturated rings. The van der Waals surface area contributed by atoms with Crippen molar-refractivity contribution < 1.29 is 13.6 Å². The zero-order valence-electron chi connectivity index (χ0n) is 17.0. The van der Waals surface area contributed by atoms with Gasteiger partial charge in [0.25, 0.3) is 11.8 Å². The lowest BCUT2D eigenvalue weighted by Crippen LogP contribution is -2.31. The molecule has 32 heavy (non-hydrogen) atoms. The van der Waals surface area contributed by atoms with Crippen LogP contribution in [0.15, 0.2) is 65.2 Å². The molecule has 0 radical (unpaired) electrons. The SMILES string of the molecule is O=C(c1cc2c(F)cccc2[nH]1)N1CCCC1c1nnc(-c2nccc3ccccc23)o1. The first-order valence-corrected chi connectivity index (χ1v) is 10.4. The number of carbonyl (C=O) groups is 1. The predicted molar refractivity (Wildman–Crippen MR) is 116 cm³/mol. The third-order valence-corrected chi connectivity index (χ3v) is 5.96. The van der Waals surface area contributed by atoms with Crippen molar-refractivity contribution >= 4 is 27.6 Å². The minimum absolute atomic E-state index is 0.217. The van der Waals surface area contributed by atoms with Crippen LogP contribution in [0, 0.1) is 5.82 Å². The van der Waals surface area contributed by atoms with Gasteiger partial charge in [-0.3, -0.25) is 9.78 Å². The molecule has 1 unspecified atom stereocenters. The number of fused-ring (bicyclic) bond motifs is 2. The highest BCUT2D eigenvalue weighted by atomic mass is 19.1. The third-order valence-electron chi connectivity index (χ3n) is 5.96. The molecule has 1 amide bonds. The third kappa shape index (κ3) is 2.95. The van der Waals surface area contributed by atoms with E-state index in [9.17, 15) is 9.18 Å². The normalized spacial score (nSPS) is 16.3. The second-order valence-electron chi connectivity index (χ2n) is 7.87. The van der Waals surface area contributed by atoms with Crippen LogP contribution in [0.1, 0.15) is 35.3 Å². The van der Waals surface area contributed by atoms with Gasteiger partial charge in [-0.15, -0.1) is 10.2 Å². The fourth-order valence-corrected chi connectivity index (χ4v) is 4.41. The molecule has 5 aromatic rings. The first-order valence-electron chi connectivity index (χ1n) is 10.4. The van der Waals surface area contributed by atoms with Crippen molar-refractivity contribution in [2.75, 3.05) is 6.54 Å². The van der Waals surface area contributed by atoms with Gasteiger partial charge in [-0.1, -0.05) is 30.3 Å². The molecule has 158 valence electrons. The molecule has 0 spiro atoms. The maximum Gasteiger partial charge on any atom is 0.270 e. The summed E-state index contributed by atoms with van der Waals surface area (Å²) in [4.78, 5) is 22.4. The summed E-state index contributed by atoms with van der Waals surface area (Å²) in [6, 6.07) is 15.7. The summed E-state index contributed by atoms with van der Waals surface area (Å²) in [5, 5.41) is 10.8. The van der Waals surface area contributed by atoms with Gasteiger partial charge in [0.2, 0.25) is 5.89 Å². The number of hydrogen-bond acceptors (Lipinski definition) is 5. The Bertz CT molecular complexity index is 1470. The van der Waals surface area contributed by atoms with Gasteiger partial charge in [0, 0.05) is 29.0 Å². The quantitative estimate of drug-likeness (QED) is 0.443. The van der Waals surface area contributed by atoms with Gasteiger partial charge in [-0.05, 0) is 42.5 Å². The summed E-state index contributed by atoms with van der Waals surface area (Å²) in [5.74, 6) is 0.123. The average Bonchev–Trinajstić information content (AvgIpc) is 3.57. The number of halogens is 1. The number of aromatic nitrogens is 4. The molecule has 0 aliphatic carbocycles. The number of hydrogen-bond donors (Lipinski definition) is 1. The molecule has 1 N–H and O–H groups in total. The molecule has 7 nitrogen and oxygen atoms in total. The first-order chi connectivity index (χ1) is 15.7. The Kier molecular flexibility index (Phi) is 4.24. The minimum Gasteiger partial charge on any atom is -0.417 e. The highest BCUT2D eigenvalue weighted by Gasteiger charge is 2.35. The van der Waals surface area contributed by atoms with Crippen LogP contribution in [0.2, 0.25) is 0 Å². The van der Waals surface area contributed by atoms with Gasteiger partial charge < -0.3 is 14.3 Å². The lowest BCUT2D eigenvalue weighted by Gasteiger charge is -2.21. The largest absolute Gasteiger partial charge is 0.417 e. The monoisotopic (exact) mass is 427 g/mol. The summed E-state index contributed by atoms with van der Waals surface area (Å²) >= 11 is 0. The maximum absolute atomic E-state index is 14.1. The van der Waals surface area contributed by atoms with Crippen molar-refractivity contribution in [3.05, 3.63) is 78.2 Å². The molecule has 6 rings (SSSR count). The molecule has 1 aliphatic heterocycles. The number of rotatable bonds is 3. The molecule has 2 aromatic carbocycles. The highest BCUT2D eigenvalue weighted by Crippen LogP contribution is 2.35. The van der Waals surface area contributed by atoms with Gasteiger partial charge in [0.15, 0.2) is 0 Å². The standard InChI is InChI=1S/C24H18FN5O2/c25-17-7-3-8-18-16(17)13-19(27-18)24(31)30-12-4-9-20(30)22-28-29-23(32-22)21-15-6-2-1-5-14(15)10-11-26-21/h1-3,5-8,10-11,13,20,27H,4,9,12H2. The number of pyridine rings is 1. The summed E-state index contributed by atoms with van der Waals surface area (Å²) in [6.07, 6.45) is 3.24. The van der Waals surface area contributed by atoms with Gasteiger partial charge in [0.1, 0.15) is 23.2 Å². The van der Waals surface area contributed by atoms with E-state index in [2.05, 4.69) is 20.2 Å². The minimum atomic E-state index is -0.361. The molecule has 8 heteroatoms. The van der Waals surface area contributed by atoms with Crippen LogP contribution in [0.4, 0.5) is 4.39 Å². The number of likely N-dealkylation sites (tertiary alicyclic amines) is 1. The number of nitrogens with one attached hydrogen (secondary N) is 1. The number of benzene rings is 2. The van der Waals surface area contributed by atoms with Crippen molar-refractivity contribution in [3.8, 4) is 11.6 Å². The van der Waals surface area contributed by atoms with Gasteiger partial charge in [0.05, 0.1) is 0 Å². The molecule has 0 bridgehead atoms. The second kappa shape index (κ2) is 7.26. The smallest absolute Gasteiger partial charge is 0.270 e. The Hall–Kier alpha value is -4.07. The number of amides is 1. The molecule has 3 aromatic heterocycles. The van der Waals surface area contributed by atoms with Crippen LogP contribution in [0.3, 0.4) is 0 Å². The number of H-pyrrole nitrogens is 1. The van der Waals surface area contributed by atoms with E-state index in [0.717, 1.165) is 17.2 Å². The Morgan fingerprint density at radius 1 is 1.09 bits per heavy atom. The van der Waals surface area contributed by atoms with E-state index >= 15 is 0 Å². The topological polar surface area (TPSA) is 87.9 Å². The first kappa shape index (κ1) is 18.7. The van der Waals surface area contributed by atoms with Crippen molar-refractivity contribution in [2.45, 2.75) is 18.9 Å². The van der Waals surface area contributed by atoms with Crippen molar-refractivity contribution in [1.29, 1.82) is 0 Å². The maximum atomic E-state index is 14.1. The lowest BCUT2D eigenvalue weighted by atomic mass is 10.1. The van der Waals surface area contributed by atoms with Crippen LogP contribution in [-0.4, -0.2) is 37.5 Å². The van der Waals surface area contributed by atoms with Crippen LogP contribution in [0.5, 0.6) is 0 Å². The summed E-state index contributed by atoms with van der Waals surface area (Å²) in [7, 11) is 0. The number of carbonyl (C=O) groups excluding carboxylic acids is 1. The van der Waals surface area contributed by atoms with Gasteiger partial charge >= 0.3 is 0 Å². The van der Waals surface area contributed by atoms with E-state index in [1.54, 1.807) is 29.3 Å². The van der Waals surface area contributed by atoms with Crippen LogP contribution in [0.25, 0.3) is 33.3 Å². The molecule has 1 saturated heterocycles. The van der Waals surface area contributed by atoms with E-state index in [0.29, 0.717) is 47.0 Å². The molecule has 1 atom stereocenters. The zero-order valence-corrected chi connectivity index (χ0v) is 17.0. The lowest BCUT2D eigenvalue weighted by molar-refractivity contribution is 0.0711. The molecule has 4 heterocycles. The van der Waals surface area contributed by atoms with E-state index in [4.69, 9.17) is 4.42 Å². The fourth-order valence-electron chi connectivity index (χ4n) is 4.41. The van der Waals surface area contributed by atoms with Crippen LogP contribution < -0.4 is 0 Å². The van der Waals surface area contributed by atoms with E-state index in [-0.39, 0.29) is 17.8 Å². The van der Waals surface area contributed by atoms with Crippen LogP contribution in [-0.2, 0) is 0 Å². The summed E-state index contributed by atoms with van der Waals surface area (Å²) in [5.41, 5.74) is 1.54. The van der Waals surface area contributed by atoms with Gasteiger partial charge in [-0.25, -0.2) is 4.39 Å². The fraction of sp³-hybridized carbons (Fsp3) is 0.167. The molecule has 0 saturated carbocycles. The second-order valence-corrected chi connectivity index (χ2v) is 7.87. The predicted octanol–water partition coefficient (Wildman–Crippen LogP) is 4.88. The van der Waals surface area contributed by atoms with E-state index in [1.165, 1.54) is 6.07 Å². The van der Waals surface area contributed by atoms with Crippen molar-refractivity contribution in [3.63, 3.8) is 0 Å². The Labute approximate surface area is 181 Å². The molecular weight excluding hydrogens is 409 g/mol. The van der Waals surface area contributed by atoms with E-state index < -0.39 is 0 Å². The van der Waals surface area contributed by atoms with Crippen LogP contribution >= 0.6 is 0 Å². The van der Waals surface area contributed by atoms with Gasteiger partial charge in [-0.2, -0.15) is 0 Å². The Morgan fingerprint density at radius 3 is 2.91 bits per heavy atom. The van der Waals surface area contributed by atoms with E-state index in [1.807, 2.05) is 30.3 Å². The molecule has 1 aliphatic rings. The average molecular weight is 427 g/mol. The molecular formula is C24H18FN5O2. The summed E-state index contributed by atoms with van der Waals surface area (Å²) in [6.45, 7) is 0.561. The highest BCUT2D eigenvalue weighted by molar-refractivity contribution is 5.98. The Balaban J connectivity index is 1.33. The Morgan fingerprint density at radius 2 is 2.00 bits per heavy atom. The van der Waals surface area contributed by atoms with Crippen molar-refractivity contribution in [2.24, 2.45) is 0 Å². The zero-order chi connectivity index (χ0) is 21.7. The summed E-state index contributed by atoms with van der Waals surface area (Å²) < 4.78 is 20.1.